The van der Waals surface area contributed by atoms with Crippen LogP contribution >= 0.6 is 27.5 Å². The molecule has 0 radical (unpaired) electrons. The highest BCUT2D eigenvalue weighted by Gasteiger charge is 2.36. The van der Waals surface area contributed by atoms with E-state index in [-0.39, 0.29) is 74.8 Å². The minimum atomic E-state index is -4.74. The minimum Gasteiger partial charge on any atom is -0.352 e. The third kappa shape index (κ3) is 8.41. The van der Waals surface area contributed by atoms with E-state index in [1.807, 2.05) is 4.90 Å². The number of nitrogens with two attached hydrogens (primary N) is 1. The fraction of sp³-hybridized carbons (Fsp3) is 0.462. The Morgan fingerprint density at radius 2 is 1.95 bits per heavy atom. The molecule has 8 nitrogen and oxygen atoms in total. The molecule has 2 aromatic rings. The Kier molecular flexibility index (Phi) is 11.0. The van der Waals surface area contributed by atoms with Crippen molar-refractivity contribution in [2.75, 3.05) is 25.4 Å². The highest BCUT2D eigenvalue weighted by molar-refractivity contribution is 9.10. The van der Waals surface area contributed by atoms with Gasteiger partial charge in [0.25, 0.3) is 5.91 Å². The molecule has 1 unspecified atom stereocenters. The number of rotatable bonds is 10. The molecule has 3 rings (SSSR count). The van der Waals surface area contributed by atoms with Crippen LogP contribution in [0, 0.1) is 0 Å². The van der Waals surface area contributed by atoms with Crippen molar-refractivity contribution in [2.24, 2.45) is 5.73 Å². The van der Waals surface area contributed by atoms with Crippen LogP contribution in [0.25, 0.3) is 0 Å². The summed E-state index contributed by atoms with van der Waals surface area (Å²) in [6.45, 7) is 2.33. The van der Waals surface area contributed by atoms with Crippen LogP contribution < -0.4 is 16.4 Å². The van der Waals surface area contributed by atoms with E-state index in [0.29, 0.717) is 25.9 Å². The molecule has 0 saturated carbocycles. The summed E-state index contributed by atoms with van der Waals surface area (Å²) < 4.78 is 67.4. The van der Waals surface area contributed by atoms with Crippen molar-refractivity contribution < 1.29 is 31.2 Å². The van der Waals surface area contributed by atoms with Crippen molar-refractivity contribution in [3.63, 3.8) is 0 Å². The average molecular weight is 668 g/mol. The first-order chi connectivity index (χ1) is 18.7. The number of likely N-dealkylation sites (tertiary alicyclic amines) is 1. The molecule has 1 fully saturated rings. The number of carbonyl (C=O) groups excluding carboxylic acids is 2. The number of nitrogens with one attached hydrogen (secondary N) is 2. The van der Waals surface area contributed by atoms with E-state index in [4.69, 9.17) is 17.3 Å². The van der Waals surface area contributed by atoms with Crippen molar-refractivity contribution in [1.29, 1.82) is 0 Å². The van der Waals surface area contributed by atoms with Crippen LogP contribution in [0.3, 0.4) is 0 Å². The van der Waals surface area contributed by atoms with Gasteiger partial charge in [-0.1, -0.05) is 34.5 Å². The van der Waals surface area contributed by atoms with Crippen molar-refractivity contribution in [3.8, 4) is 0 Å². The molecule has 1 heterocycles. The lowest BCUT2D eigenvalue weighted by molar-refractivity contribution is -0.138. The molecule has 2 aromatic carbocycles. The van der Waals surface area contributed by atoms with Gasteiger partial charge in [-0.25, -0.2) is 8.42 Å². The second-order valence-electron chi connectivity index (χ2n) is 9.50. The second-order valence-corrected chi connectivity index (χ2v) is 13.0. The van der Waals surface area contributed by atoms with Gasteiger partial charge in [-0.05, 0) is 60.8 Å². The van der Waals surface area contributed by atoms with Gasteiger partial charge in [0.2, 0.25) is 5.91 Å². The normalized spacial score (nSPS) is 16.5. The third-order valence-corrected chi connectivity index (χ3v) is 9.33. The van der Waals surface area contributed by atoms with E-state index in [1.54, 1.807) is 0 Å². The number of nitrogens with zero attached hydrogens (tertiary/aromatic N) is 1. The highest BCUT2D eigenvalue weighted by Crippen LogP contribution is 2.37. The van der Waals surface area contributed by atoms with Crippen molar-refractivity contribution >= 4 is 49.2 Å². The number of benzene rings is 2. The molecular weight excluding hydrogens is 637 g/mol. The lowest BCUT2D eigenvalue weighted by Gasteiger charge is -2.34. The number of piperidine rings is 1. The third-order valence-electron chi connectivity index (χ3n) is 6.56. The van der Waals surface area contributed by atoms with Crippen molar-refractivity contribution in [1.82, 2.24) is 15.5 Å². The Labute approximate surface area is 244 Å². The lowest BCUT2D eigenvalue weighted by Crippen LogP contribution is -2.47. The quantitative estimate of drug-likeness (QED) is 0.348. The van der Waals surface area contributed by atoms with E-state index in [0.717, 1.165) is 6.07 Å². The van der Waals surface area contributed by atoms with Gasteiger partial charge in [0.1, 0.15) is 0 Å². The molecule has 0 bridgehead atoms. The highest BCUT2D eigenvalue weighted by atomic mass is 79.9. The van der Waals surface area contributed by atoms with Crippen LogP contribution in [-0.2, 0) is 33.9 Å². The van der Waals surface area contributed by atoms with Crippen LogP contribution in [-0.4, -0.2) is 56.6 Å². The molecule has 2 amide bonds. The maximum Gasteiger partial charge on any atom is 0.416 e. The van der Waals surface area contributed by atoms with Gasteiger partial charge in [0.15, 0.2) is 9.84 Å². The van der Waals surface area contributed by atoms with Crippen molar-refractivity contribution in [2.45, 2.75) is 56.4 Å². The summed E-state index contributed by atoms with van der Waals surface area (Å²) in [6, 6.07) is 6.06. The average Bonchev–Trinajstić information content (AvgIpc) is 2.87. The van der Waals surface area contributed by atoms with Gasteiger partial charge in [0.05, 0.1) is 16.2 Å². The van der Waals surface area contributed by atoms with Crippen molar-refractivity contribution in [3.05, 3.63) is 62.1 Å². The summed E-state index contributed by atoms with van der Waals surface area (Å²) in [5.41, 5.74) is 4.42. The van der Waals surface area contributed by atoms with Crippen LogP contribution in [0.1, 0.15) is 53.2 Å². The fourth-order valence-electron chi connectivity index (χ4n) is 4.58. The Hall–Kier alpha value is -2.19. The zero-order chi connectivity index (χ0) is 29.7. The topological polar surface area (TPSA) is 122 Å². The van der Waals surface area contributed by atoms with Gasteiger partial charge in [0, 0.05) is 53.7 Å². The molecule has 14 heteroatoms. The fourth-order valence-corrected chi connectivity index (χ4v) is 6.47. The number of amides is 2. The molecule has 1 aliphatic heterocycles. The maximum atomic E-state index is 14.2. The van der Waals surface area contributed by atoms with Gasteiger partial charge >= 0.3 is 6.18 Å². The monoisotopic (exact) mass is 666 g/mol. The molecule has 4 N–H and O–H groups in total. The number of halogens is 5. The van der Waals surface area contributed by atoms with Crippen LogP contribution in [0.5, 0.6) is 0 Å². The van der Waals surface area contributed by atoms with E-state index in [2.05, 4.69) is 26.6 Å². The van der Waals surface area contributed by atoms with Crippen LogP contribution in [0.2, 0.25) is 5.02 Å². The largest absolute Gasteiger partial charge is 0.416 e. The first-order valence-corrected chi connectivity index (χ1v) is 15.5. The second kappa shape index (κ2) is 13.6. The van der Waals surface area contributed by atoms with Crippen LogP contribution in [0.4, 0.5) is 13.2 Å². The Morgan fingerprint density at radius 1 is 1.23 bits per heavy atom. The molecular formula is C26H31BrClF3N4O4S. The number of sulfone groups is 1. The number of alkyl halides is 3. The molecule has 1 saturated heterocycles. The number of hydrogen-bond acceptors (Lipinski definition) is 6. The van der Waals surface area contributed by atoms with Crippen LogP contribution in [0.15, 0.2) is 39.7 Å². The summed E-state index contributed by atoms with van der Waals surface area (Å²) in [4.78, 5) is 26.7. The van der Waals surface area contributed by atoms with Gasteiger partial charge in [-0.2, -0.15) is 13.2 Å². The minimum absolute atomic E-state index is 0.00809. The Bertz CT molecular complexity index is 1360. The van der Waals surface area contributed by atoms with Gasteiger partial charge in [-0.15, -0.1) is 0 Å². The lowest BCUT2D eigenvalue weighted by atomic mass is 10.00. The zero-order valence-electron chi connectivity index (χ0n) is 21.8. The molecule has 0 aromatic heterocycles. The first-order valence-electron chi connectivity index (χ1n) is 12.7. The number of hydrogen-bond donors (Lipinski definition) is 3. The van der Waals surface area contributed by atoms with E-state index >= 15 is 0 Å². The van der Waals surface area contributed by atoms with Gasteiger partial charge in [-0.3, -0.25) is 14.5 Å². The Balaban J connectivity index is 1.82. The van der Waals surface area contributed by atoms with Gasteiger partial charge < -0.3 is 16.4 Å². The molecule has 0 aliphatic carbocycles. The summed E-state index contributed by atoms with van der Waals surface area (Å²) in [7, 11) is -3.62. The summed E-state index contributed by atoms with van der Waals surface area (Å²) >= 11 is 9.24. The molecule has 220 valence electrons. The Morgan fingerprint density at radius 3 is 2.60 bits per heavy atom. The van der Waals surface area contributed by atoms with E-state index in [9.17, 15) is 31.2 Å². The predicted octanol–water partition coefficient (Wildman–Crippen LogP) is 4.27. The predicted molar refractivity (Wildman–Crippen MR) is 150 cm³/mol. The zero-order valence-corrected chi connectivity index (χ0v) is 24.9. The molecule has 1 aliphatic rings. The SMILES string of the molecule is CCS(=O)(=O)c1ccc(Cl)cc1CNC(=O)c1cc(Br)c(CN2CCCC(NC(=O)CCN)C2)c(C(F)(F)F)c1. The summed E-state index contributed by atoms with van der Waals surface area (Å²) in [5, 5.41) is 5.64. The van der Waals surface area contributed by atoms with E-state index in [1.165, 1.54) is 31.2 Å². The first kappa shape index (κ1) is 32.3. The molecule has 40 heavy (non-hydrogen) atoms. The standard InChI is InChI=1S/C26H31BrClF3N4O4S/c1-2-40(38,39)23-6-5-18(28)10-17(23)13-33-25(37)16-11-21(26(29,30)31)20(22(27)12-16)15-35-9-3-4-19(14-35)34-24(36)7-8-32/h5-6,10-12,19H,2-4,7-9,13-15,32H2,1H3,(H,33,37)(H,34,36). The smallest absolute Gasteiger partial charge is 0.352 e. The number of carbonyl (C=O) groups is 2. The molecule has 1 atom stereocenters. The molecule has 0 spiro atoms. The summed E-state index contributed by atoms with van der Waals surface area (Å²) in [5.74, 6) is -1.17. The maximum absolute atomic E-state index is 14.2. The summed E-state index contributed by atoms with van der Waals surface area (Å²) in [6.07, 6.45) is -3.15. The van der Waals surface area contributed by atoms with E-state index < -0.39 is 27.5 Å².